The van der Waals surface area contributed by atoms with Gasteiger partial charge in [-0.1, -0.05) is 183 Å². The quantitative estimate of drug-likeness (QED) is 0.181. The number of rotatable bonds is 10. The van der Waals surface area contributed by atoms with Crippen molar-refractivity contribution in [3.63, 3.8) is 0 Å². The van der Waals surface area contributed by atoms with Gasteiger partial charge in [-0.05, 0) is 104 Å². The van der Waals surface area contributed by atoms with E-state index in [-0.39, 0.29) is 0 Å². The molecule has 2 aliphatic rings. The highest BCUT2D eigenvalue weighted by Gasteiger charge is 2.02. The monoisotopic (exact) mass is 628 g/mol. The predicted octanol–water partition coefficient (Wildman–Crippen LogP) is 14.1. The topological polar surface area (TPSA) is 0 Å². The molecule has 0 radical (unpaired) electrons. The summed E-state index contributed by atoms with van der Waals surface area (Å²) in [7, 11) is 0. The molecule has 0 saturated heterocycles. The first-order valence-corrected chi connectivity index (χ1v) is 17.0. The summed E-state index contributed by atoms with van der Waals surface area (Å²) in [6, 6.07) is 17.2. The Kier molecular flexibility index (Phi) is 15.7. The third-order valence-corrected chi connectivity index (χ3v) is 7.92. The highest BCUT2D eigenvalue weighted by atomic mass is 14.1. The van der Waals surface area contributed by atoms with Gasteiger partial charge >= 0.3 is 0 Å². The molecule has 0 fully saturated rings. The van der Waals surface area contributed by atoms with Crippen LogP contribution in [-0.2, 0) is 0 Å². The highest BCUT2D eigenvalue weighted by molar-refractivity contribution is 5.80. The van der Waals surface area contributed by atoms with E-state index in [4.69, 9.17) is 0 Å². The Labute approximate surface area is 291 Å². The zero-order valence-corrected chi connectivity index (χ0v) is 29.9. The molecule has 0 aliphatic heterocycles. The lowest BCUT2D eigenvalue weighted by Gasteiger charge is -2.06. The molecule has 48 heavy (non-hydrogen) atoms. The van der Waals surface area contributed by atoms with Crippen molar-refractivity contribution in [1.82, 2.24) is 0 Å². The van der Waals surface area contributed by atoms with E-state index in [1.54, 1.807) is 0 Å². The van der Waals surface area contributed by atoms with Crippen molar-refractivity contribution >= 4 is 22.3 Å². The van der Waals surface area contributed by atoms with Crippen LogP contribution >= 0.6 is 0 Å². The molecule has 0 spiro atoms. The predicted molar refractivity (Wildman–Crippen MR) is 216 cm³/mol. The zero-order valence-electron chi connectivity index (χ0n) is 29.9. The molecule has 2 aromatic carbocycles. The van der Waals surface area contributed by atoms with Gasteiger partial charge in [-0.15, -0.1) is 5.73 Å². The summed E-state index contributed by atoms with van der Waals surface area (Å²) in [5.41, 5.74) is 17.6. The van der Waals surface area contributed by atoms with E-state index in [0.29, 0.717) is 0 Å². The van der Waals surface area contributed by atoms with E-state index in [1.165, 1.54) is 44.6 Å². The van der Waals surface area contributed by atoms with Gasteiger partial charge in [0, 0.05) is 0 Å². The molecule has 2 aliphatic carbocycles. The van der Waals surface area contributed by atoms with Crippen molar-refractivity contribution in [2.75, 3.05) is 0 Å². The van der Waals surface area contributed by atoms with E-state index in [1.807, 2.05) is 6.08 Å². The van der Waals surface area contributed by atoms with Gasteiger partial charge in [0.15, 0.2) is 0 Å². The van der Waals surface area contributed by atoms with Crippen LogP contribution in [0, 0.1) is 0 Å². The Hall–Kier alpha value is -5.16. The number of hydrogen-bond acceptors (Lipinski definition) is 0. The molecule has 0 saturated carbocycles. The molecule has 0 atom stereocenters. The van der Waals surface area contributed by atoms with E-state index < -0.39 is 0 Å². The lowest BCUT2D eigenvalue weighted by atomic mass is 9.99. The van der Waals surface area contributed by atoms with Crippen molar-refractivity contribution in [3.8, 4) is 0 Å². The van der Waals surface area contributed by atoms with Gasteiger partial charge in [-0.25, -0.2) is 0 Å². The molecule has 0 N–H and O–H groups in total. The van der Waals surface area contributed by atoms with E-state index >= 15 is 0 Å². The molecule has 244 valence electrons. The van der Waals surface area contributed by atoms with Crippen molar-refractivity contribution in [1.29, 1.82) is 0 Å². The van der Waals surface area contributed by atoms with Crippen molar-refractivity contribution in [3.05, 3.63) is 209 Å². The summed E-state index contributed by atoms with van der Waals surface area (Å²) in [6.45, 7) is 21.1. The van der Waals surface area contributed by atoms with Crippen LogP contribution in [0.4, 0.5) is 0 Å². The van der Waals surface area contributed by atoms with Crippen molar-refractivity contribution in [2.45, 2.75) is 60.8 Å². The van der Waals surface area contributed by atoms with Crippen LogP contribution in [-0.4, -0.2) is 0 Å². The minimum absolute atomic E-state index is 0.970. The average molecular weight is 629 g/mol. The maximum atomic E-state index is 4.18. The number of hydrogen-bond donors (Lipinski definition) is 0. The zero-order chi connectivity index (χ0) is 34.7. The summed E-state index contributed by atoms with van der Waals surface area (Å²) in [5, 5.41) is 0. The van der Waals surface area contributed by atoms with Gasteiger partial charge in [-0.2, -0.15) is 0 Å². The van der Waals surface area contributed by atoms with Gasteiger partial charge in [0.1, 0.15) is 0 Å². The molecule has 0 aromatic heterocycles. The summed E-state index contributed by atoms with van der Waals surface area (Å²) >= 11 is 0. The maximum Gasteiger partial charge on any atom is -0.00622 e. The molecular formula is C48H52. The van der Waals surface area contributed by atoms with Gasteiger partial charge in [0.05, 0.1) is 0 Å². The van der Waals surface area contributed by atoms with E-state index in [2.05, 4.69) is 200 Å². The minimum Gasteiger partial charge on any atom is -0.124 e. The summed E-state index contributed by atoms with van der Waals surface area (Å²) in [4.78, 5) is 0. The second-order valence-corrected chi connectivity index (χ2v) is 12.2. The summed E-state index contributed by atoms with van der Waals surface area (Å²) in [6.07, 6.45) is 37.1. The Bertz CT molecular complexity index is 1800. The van der Waals surface area contributed by atoms with Gasteiger partial charge < -0.3 is 0 Å². The van der Waals surface area contributed by atoms with Crippen LogP contribution in [0.25, 0.3) is 22.3 Å². The molecular weight excluding hydrogens is 577 g/mol. The van der Waals surface area contributed by atoms with Crippen LogP contribution in [0.15, 0.2) is 187 Å². The molecule has 0 heterocycles. The second-order valence-electron chi connectivity index (χ2n) is 12.2. The molecule has 4 rings (SSSR count). The first-order chi connectivity index (χ1) is 23.2. The Balaban J connectivity index is 0.000000260. The number of allylic oxidation sites excluding steroid dienone is 23. The van der Waals surface area contributed by atoms with Crippen LogP contribution in [0.2, 0.25) is 0 Å². The number of benzene rings is 2. The van der Waals surface area contributed by atoms with E-state index in [9.17, 15) is 0 Å². The lowest BCUT2D eigenvalue weighted by molar-refractivity contribution is 1.20. The molecule has 0 unspecified atom stereocenters. The fourth-order valence-corrected chi connectivity index (χ4v) is 4.98. The van der Waals surface area contributed by atoms with E-state index in [0.717, 1.165) is 41.5 Å². The Morgan fingerprint density at radius 2 is 1.15 bits per heavy atom. The van der Waals surface area contributed by atoms with Gasteiger partial charge in [0.2, 0.25) is 0 Å². The van der Waals surface area contributed by atoms with Crippen LogP contribution in [0.5, 0.6) is 0 Å². The standard InChI is InChI=1S/2C24H26/c2*1-5-8-19(2)11-13-21(4)22-15-17-24(18-16-22)23-10-7-6-9-20(3)12-14-23/h6,8,10-18H,4-5,9H2,1-3H3;6-18H,4-5H2,1-3H3/b13-11-,19-8-,20-12-,23-14+;7-6?,9-6+,10-7+,13-11-,14-12?,19-8-,20-9?,20-12-,23-10?,23-14+. The van der Waals surface area contributed by atoms with Gasteiger partial charge in [0.25, 0.3) is 0 Å². The fraction of sp³-hybridized carbons (Fsp3) is 0.188. The van der Waals surface area contributed by atoms with Crippen molar-refractivity contribution < 1.29 is 0 Å². The second kappa shape index (κ2) is 20.2. The molecule has 0 bridgehead atoms. The average Bonchev–Trinajstić information content (AvgIpc) is 3.07. The first-order valence-electron chi connectivity index (χ1n) is 17.0. The Morgan fingerprint density at radius 1 is 0.646 bits per heavy atom. The summed E-state index contributed by atoms with van der Waals surface area (Å²) in [5.74, 6) is 0. The van der Waals surface area contributed by atoms with Crippen LogP contribution < -0.4 is 0 Å². The molecule has 0 heteroatoms. The lowest BCUT2D eigenvalue weighted by Crippen LogP contribution is -1.85. The highest BCUT2D eigenvalue weighted by Crippen LogP contribution is 2.23. The molecule has 0 amide bonds. The first kappa shape index (κ1) is 37.3. The minimum atomic E-state index is 0.970. The smallest absolute Gasteiger partial charge is 0.00622 e. The van der Waals surface area contributed by atoms with Gasteiger partial charge in [-0.3, -0.25) is 0 Å². The molecule has 0 nitrogen and oxygen atoms in total. The fourth-order valence-electron chi connectivity index (χ4n) is 4.98. The molecule has 2 aromatic rings. The van der Waals surface area contributed by atoms with Crippen LogP contribution in [0.3, 0.4) is 0 Å². The Morgan fingerprint density at radius 3 is 1.69 bits per heavy atom. The SMILES string of the molecule is C=C(/C=C\C(C)=C/CC)c1ccc(/C2=C/C=C(/C)CC=C=C2)cc1.C=C(/C=C\C(C)=C/CC)c1ccc(C2=C/C=C(C)\C=C\C=C\2)cc1. The van der Waals surface area contributed by atoms with Crippen molar-refractivity contribution in [2.24, 2.45) is 0 Å². The largest absolute Gasteiger partial charge is 0.124 e. The van der Waals surface area contributed by atoms with Crippen LogP contribution in [0.1, 0.15) is 83.1 Å². The maximum absolute atomic E-state index is 4.18. The third kappa shape index (κ3) is 12.9. The third-order valence-electron chi connectivity index (χ3n) is 7.92. The summed E-state index contributed by atoms with van der Waals surface area (Å²) < 4.78 is 0. The normalized spacial score (nSPS) is 20.7.